The molecule has 0 aromatic heterocycles. The van der Waals surface area contributed by atoms with Crippen LogP contribution in [0.5, 0.6) is 0 Å². The number of carbonyl (C=O) groups excluding carboxylic acids is 2. The second-order valence-electron chi connectivity index (χ2n) is 5.21. The van der Waals surface area contributed by atoms with Gasteiger partial charge in [-0.3, -0.25) is 4.79 Å². The molecule has 1 fully saturated rings. The minimum Gasteiger partial charge on any atom is -0.465 e. The highest BCUT2D eigenvalue weighted by molar-refractivity contribution is 5.91. The Hall–Kier alpha value is -2.11. The van der Waals surface area contributed by atoms with E-state index in [1.165, 1.54) is 13.2 Å². The number of halogens is 1. The molecule has 0 saturated heterocycles. The highest BCUT2D eigenvalue weighted by Crippen LogP contribution is 2.26. The summed E-state index contributed by atoms with van der Waals surface area (Å²) in [5, 5.41) is 2.90. The van der Waals surface area contributed by atoms with E-state index in [1.54, 1.807) is 18.9 Å². The molecule has 0 bridgehead atoms. The summed E-state index contributed by atoms with van der Waals surface area (Å²) in [5.74, 6) is -1.18. The molecule has 0 aliphatic heterocycles. The lowest BCUT2D eigenvalue weighted by Crippen LogP contribution is -2.34. The van der Waals surface area contributed by atoms with Crippen LogP contribution in [0, 0.1) is 12.7 Å². The molecule has 0 spiro atoms. The second kappa shape index (κ2) is 6.11. The van der Waals surface area contributed by atoms with Crippen molar-refractivity contribution >= 4 is 17.6 Å². The standard InChI is InChI=1S/C15H19FN2O3/c1-9-12(16)6-10(15(20)21-3)7-13(9)17-8-14(19)18(2)11-4-5-11/h6-7,11,17H,4-5,8H2,1-3H3. The molecule has 1 aliphatic carbocycles. The first-order valence-corrected chi connectivity index (χ1v) is 6.82. The van der Waals surface area contributed by atoms with Crippen molar-refractivity contribution in [3.05, 3.63) is 29.1 Å². The second-order valence-corrected chi connectivity index (χ2v) is 5.21. The molecule has 0 unspecified atom stereocenters. The number of ether oxygens (including phenoxy) is 1. The highest BCUT2D eigenvalue weighted by atomic mass is 19.1. The lowest BCUT2D eigenvalue weighted by Gasteiger charge is -2.18. The number of likely N-dealkylation sites (N-methyl/N-ethyl adjacent to an activating group) is 1. The maximum atomic E-state index is 13.8. The van der Waals surface area contributed by atoms with E-state index >= 15 is 0 Å². The SMILES string of the molecule is COC(=O)c1cc(F)c(C)c(NCC(=O)N(C)C2CC2)c1. The number of rotatable bonds is 5. The third-order valence-electron chi connectivity index (χ3n) is 3.68. The first kappa shape index (κ1) is 15.3. The van der Waals surface area contributed by atoms with Gasteiger partial charge >= 0.3 is 5.97 Å². The Balaban J connectivity index is 2.09. The smallest absolute Gasteiger partial charge is 0.338 e. The molecule has 1 amide bonds. The third-order valence-corrected chi connectivity index (χ3v) is 3.68. The van der Waals surface area contributed by atoms with Crippen LogP contribution in [0.25, 0.3) is 0 Å². The van der Waals surface area contributed by atoms with Crippen molar-refractivity contribution in [2.24, 2.45) is 0 Å². The zero-order chi connectivity index (χ0) is 15.6. The van der Waals surface area contributed by atoms with E-state index in [0.29, 0.717) is 17.3 Å². The van der Waals surface area contributed by atoms with Crippen LogP contribution in [-0.4, -0.2) is 43.5 Å². The van der Waals surface area contributed by atoms with Crippen LogP contribution in [0.1, 0.15) is 28.8 Å². The van der Waals surface area contributed by atoms with Gasteiger partial charge in [0.05, 0.1) is 19.2 Å². The Bertz CT molecular complexity index is 570. The molecular formula is C15H19FN2O3. The number of nitrogens with one attached hydrogen (secondary N) is 1. The van der Waals surface area contributed by atoms with Crippen LogP contribution >= 0.6 is 0 Å². The van der Waals surface area contributed by atoms with E-state index in [0.717, 1.165) is 18.9 Å². The van der Waals surface area contributed by atoms with Gasteiger partial charge in [0.1, 0.15) is 5.82 Å². The van der Waals surface area contributed by atoms with Gasteiger partial charge in [-0.15, -0.1) is 0 Å². The van der Waals surface area contributed by atoms with Gasteiger partial charge in [-0.05, 0) is 31.9 Å². The van der Waals surface area contributed by atoms with E-state index in [2.05, 4.69) is 10.1 Å². The van der Waals surface area contributed by atoms with Crippen molar-refractivity contribution < 1.29 is 18.7 Å². The molecule has 0 radical (unpaired) electrons. The summed E-state index contributed by atoms with van der Waals surface area (Å²) in [6.45, 7) is 1.66. The van der Waals surface area contributed by atoms with Crippen LogP contribution in [0.15, 0.2) is 12.1 Å². The first-order valence-electron chi connectivity index (χ1n) is 6.82. The fourth-order valence-corrected chi connectivity index (χ4v) is 2.06. The average Bonchev–Trinajstić information content (AvgIpc) is 3.31. The Morgan fingerprint density at radius 1 is 1.43 bits per heavy atom. The van der Waals surface area contributed by atoms with Gasteiger partial charge in [0.2, 0.25) is 5.91 Å². The lowest BCUT2D eigenvalue weighted by molar-refractivity contribution is -0.128. The van der Waals surface area contributed by atoms with Crippen molar-refractivity contribution in [2.75, 3.05) is 26.0 Å². The minimum atomic E-state index is -0.613. The number of methoxy groups -OCH3 is 1. The molecular weight excluding hydrogens is 275 g/mol. The van der Waals surface area contributed by atoms with Gasteiger partial charge < -0.3 is 15.0 Å². The Labute approximate surface area is 123 Å². The zero-order valence-electron chi connectivity index (χ0n) is 12.4. The Morgan fingerprint density at radius 2 is 2.10 bits per heavy atom. The van der Waals surface area contributed by atoms with E-state index in [4.69, 9.17) is 0 Å². The quantitative estimate of drug-likeness (QED) is 0.843. The number of hydrogen-bond acceptors (Lipinski definition) is 4. The molecule has 21 heavy (non-hydrogen) atoms. The molecule has 114 valence electrons. The molecule has 2 rings (SSSR count). The normalized spacial score (nSPS) is 13.7. The van der Waals surface area contributed by atoms with Gasteiger partial charge in [-0.2, -0.15) is 0 Å². The van der Waals surface area contributed by atoms with Crippen molar-refractivity contribution in [1.29, 1.82) is 0 Å². The van der Waals surface area contributed by atoms with Crippen LogP contribution in [0.2, 0.25) is 0 Å². The Morgan fingerprint density at radius 3 is 2.67 bits per heavy atom. The van der Waals surface area contributed by atoms with Crippen molar-refractivity contribution in [2.45, 2.75) is 25.8 Å². The largest absolute Gasteiger partial charge is 0.465 e. The van der Waals surface area contributed by atoms with E-state index in [1.807, 2.05) is 0 Å². The summed E-state index contributed by atoms with van der Waals surface area (Å²) in [4.78, 5) is 25.1. The molecule has 1 aromatic rings. The lowest BCUT2D eigenvalue weighted by atomic mass is 10.1. The molecule has 0 heterocycles. The number of nitrogens with zero attached hydrogens (tertiary/aromatic N) is 1. The maximum Gasteiger partial charge on any atom is 0.338 e. The summed E-state index contributed by atoms with van der Waals surface area (Å²) in [7, 11) is 3.00. The molecule has 6 heteroatoms. The van der Waals surface area contributed by atoms with Crippen molar-refractivity contribution in [1.82, 2.24) is 4.90 Å². The van der Waals surface area contributed by atoms with Gasteiger partial charge in [0, 0.05) is 24.3 Å². The van der Waals surface area contributed by atoms with Crippen LogP contribution in [0.3, 0.4) is 0 Å². The average molecular weight is 294 g/mol. The highest BCUT2D eigenvalue weighted by Gasteiger charge is 2.29. The first-order chi connectivity index (χ1) is 9.93. The monoisotopic (exact) mass is 294 g/mol. The summed E-state index contributed by atoms with van der Waals surface area (Å²) in [5.41, 5.74) is 0.906. The van der Waals surface area contributed by atoms with Gasteiger partial charge in [-0.25, -0.2) is 9.18 Å². The Kier molecular flexibility index (Phi) is 4.45. The number of amides is 1. The fourth-order valence-electron chi connectivity index (χ4n) is 2.06. The van der Waals surface area contributed by atoms with Gasteiger partial charge in [-0.1, -0.05) is 0 Å². The molecule has 1 N–H and O–H groups in total. The number of carbonyl (C=O) groups is 2. The van der Waals surface area contributed by atoms with Gasteiger partial charge in [0.25, 0.3) is 0 Å². The van der Waals surface area contributed by atoms with E-state index < -0.39 is 11.8 Å². The maximum absolute atomic E-state index is 13.8. The van der Waals surface area contributed by atoms with Gasteiger partial charge in [0.15, 0.2) is 0 Å². The molecule has 1 saturated carbocycles. The van der Waals surface area contributed by atoms with Crippen molar-refractivity contribution in [3.8, 4) is 0 Å². The zero-order valence-corrected chi connectivity index (χ0v) is 12.4. The third kappa shape index (κ3) is 3.51. The molecule has 0 atom stereocenters. The van der Waals surface area contributed by atoms with Crippen LogP contribution in [0.4, 0.5) is 10.1 Å². The topological polar surface area (TPSA) is 58.6 Å². The summed E-state index contributed by atoms with van der Waals surface area (Å²) in [6.07, 6.45) is 2.07. The van der Waals surface area contributed by atoms with E-state index in [9.17, 15) is 14.0 Å². The van der Waals surface area contributed by atoms with Crippen LogP contribution in [-0.2, 0) is 9.53 Å². The predicted octanol–water partition coefficient (Wildman–Crippen LogP) is 1.95. The number of hydrogen-bond donors (Lipinski definition) is 1. The van der Waals surface area contributed by atoms with Crippen LogP contribution < -0.4 is 5.32 Å². The summed E-state index contributed by atoms with van der Waals surface area (Å²) < 4.78 is 18.4. The molecule has 1 aromatic carbocycles. The number of benzene rings is 1. The fraction of sp³-hybridized carbons (Fsp3) is 0.467. The number of anilines is 1. The summed E-state index contributed by atoms with van der Waals surface area (Å²) in [6, 6.07) is 2.96. The molecule has 1 aliphatic rings. The number of esters is 1. The molecule has 5 nitrogen and oxygen atoms in total. The van der Waals surface area contributed by atoms with Crippen molar-refractivity contribution in [3.63, 3.8) is 0 Å². The predicted molar refractivity (Wildman–Crippen MR) is 76.8 cm³/mol. The summed E-state index contributed by atoms with van der Waals surface area (Å²) >= 11 is 0. The van der Waals surface area contributed by atoms with E-state index in [-0.39, 0.29) is 18.0 Å². The minimum absolute atomic E-state index is 0.0548.